The van der Waals surface area contributed by atoms with Crippen LogP contribution in [0.25, 0.3) is 87.6 Å². The van der Waals surface area contributed by atoms with E-state index in [9.17, 15) is 12.3 Å². The summed E-state index contributed by atoms with van der Waals surface area (Å²) in [5.41, 5.74) is -5.02. The lowest BCUT2D eigenvalue weighted by molar-refractivity contribution is 0.670. The van der Waals surface area contributed by atoms with Crippen LogP contribution in [0.3, 0.4) is 0 Å². The third-order valence-corrected chi connectivity index (χ3v) is 7.01. The van der Waals surface area contributed by atoms with Gasteiger partial charge in [0.15, 0.2) is 0 Å². The van der Waals surface area contributed by atoms with Crippen molar-refractivity contribution in [3.8, 4) is 33.4 Å². The summed E-state index contributed by atoms with van der Waals surface area (Å²) < 4.78 is 228. The van der Waals surface area contributed by atoms with Gasteiger partial charge in [0.05, 0.1) is 34.3 Å². The summed E-state index contributed by atoms with van der Waals surface area (Å²) in [7, 11) is 0. The fourth-order valence-electron chi connectivity index (χ4n) is 5.17. The second-order valence-electron chi connectivity index (χ2n) is 9.34. The largest absolute Gasteiger partial charge is 0.455 e. The zero-order valence-electron chi connectivity index (χ0n) is 46.5. The molecule has 0 saturated heterocycles. The van der Waals surface area contributed by atoms with E-state index in [0.29, 0.717) is 0 Å². The fourth-order valence-corrected chi connectivity index (χ4v) is 5.17. The third-order valence-electron chi connectivity index (χ3n) is 7.01. The number of hydrogen-bond donors (Lipinski definition) is 0. The van der Waals surface area contributed by atoms with E-state index in [1.54, 1.807) is 0 Å². The minimum Gasteiger partial charge on any atom is -0.455 e. The molecule has 0 bridgehead atoms. The van der Waals surface area contributed by atoms with Crippen LogP contribution < -0.4 is 0 Å². The van der Waals surface area contributed by atoms with E-state index in [-0.39, 0.29) is 10.8 Å². The molecule has 0 aliphatic heterocycles. The minimum absolute atomic E-state index is 0.173. The summed E-state index contributed by atoms with van der Waals surface area (Å²) in [5, 5.41) is -4.09. The normalized spacial score (nSPS) is 19.9. The van der Waals surface area contributed by atoms with Crippen LogP contribution >= 0.6 is 0 Å². The van der Waals surface area contributed by atoms with Gasteiger partial charge in [-0.05, 0) is 66.7 Å². The number of benzene rings is 8. The second kappa shape index (κ2) is 9.44. The van der Waals surface area contributed by atoms with Crippen molar-refractivity contribution in [1.29, 1.82) is 0 Å². The Morgan fingerprint density at radius 3 is 1.67 bits per heavy atom. The molecule has 0 unspecified atom stereocenters. The molecular weight excluding hydrogens is 520 g/mol. The Hall–Kier alpha value is -5.66. The first kappa shape index (κ1) is 9.97. The van der Waals surface area contributed by atoms with Crippen molar-refractivity contribution in [3.63, 3.8) is 0 Å². The Bertz CT molecular complexity index is 3800. The van der Waals surface area contributed by atoms with E-state index in [1.165, 1.54) is 0 Å². The minimum atomic E-state index is -1.05. The van der Waals surface area contributed by atoms with Gasteiger partial charge in [-0.3, -0.25) is 0 Å². The molecule has 200 valence electrons. The summed E-state index contributed by atoms with van der Waals surface area (Å²) in [5.74, 6) is 0. The highest BCUT2D eigenvalue weighted by atomic mass is 16.3. The Morgan fingerprint density at radius 1 is 0.395 bits per heavy atom. The molecule has 1 heterocycles. The molecular formula is C42H26O. The molecule has 43 heavy (non-hydrogen) atoms. The molecule has 0 atom stereocenters. The highest BCUT2D eigenvalue weighted by molar-refractivity contribution is 6.24. The standard InChI is InChI=1S/C42H26O/c1-2-11-30-26-31(25-22-27(30)10-1)28-20-23-29(24-21-28)40-33-13-3-5-15-35(33)41(36-16-6-4-14-34(36)40)38-18-9-17-37-32-12-7-8-19-39(32)43-42(37)38/h1-26H/i1D,2D,3D,4D,5D,6D,7D,8D,9D,10D,11D,12D,13D,14D,15D,16D,18D,19D,20D,21D,22D,23D,24D,25D,26D. The first-order chi connectivity index (χ1) is 31.7. The number of fused-ring (bicyclic) bond motifs is 6. The Morgan fingerprint density at radius 2 is 0.953 bits per heavy atom. The van der Waals surface area contributed by atoms with Crippen LogP contribution in [-0.2, 0) is 0 Å². The van der Waals surface area contributed by atoms with E-state index >= 15 is 0 Å². The first-order valence-corrected chi connectivity index (χ1v) is 12.7. The van der Waals surface area contributed by atoms with E-state index in [4.69, 9.17) is 26.3 Å². The van der Waals surface area contributed by atoms with Crippen molar-refractivity contribution in [2.24, 2.45) is 0 Å². The van der Waals surface area contributed by atoms with Crippen LogP contribution in [0.2, 0.25) is 0 Å². The highest BCUT2D eigenvalue weighted by Gasteiger charge is 2.20. The maximum Gasteiger partial charge on any atom is 0.143 e. The summed E-state index contributed by atoms with van der Waals surface area (Å²) in [4.78, 5) is 0. The summed E-state index contributed by atoms with van der Waals surface area (Å²) in [6.45, 7) is 0. The Kier molecular flexibility index (Phi) is 2.19. The lowest BCUT2D eigenvalue weighted by Crippen LogP contribution is -1.91. The second-order valence-corrected chi connectivity index (χ2v) is 9.34. The number of para-hydroxylation sites is 2. The van der Waals surface area contributed by atoms with Crippen molar-refractivity contribution in [1.82, 2.24) is 0 Å². The summed E-state index contributed by atoms with van der Waals surface area (Å²) in [6, 6.07) is -20.2. The van der Waals surface area contributed by atoms with Crippen LogP contribution in [0.1, 0.15) is 34.3 Å². The molecule has 1 aromatic heterocycles. The molecule has 0 aliphatic rings. The summed E-state index contributed by atoms with van der Waals surface area (Å²) >= 11 is 0. The maximum atomic E-state index is 9.47. The molecule has 0 spiro atoms. The van der Waals surface area contributed by atoms with E-state index in [2.05, 4.69) is 0 Å². The van der Waals surface area contributed by atoms with Crippen LogP contribution in [0.15, 0.2) is 162 Å². The van der Waals surface area contributed by atoms with E-state index in [0.717, 1.165) is 6.07 Å². The van der Waals surface area contributed by atoms with Crippen molar-refractivity contribution in [2.75, 3.05) is 0 Å². The van der Waals surface area contributed by atoms with Gasteiger partial charge in [0.1, 0.15) is 11.2 Å². The quantitative estimate of drug-likeness (QED) is 0.192. The van der Waals surface area contributed by atoms with Crippen molar-refractivity contribution >= 4 is 54.3 Å². The molecule has 9 aromatic rings. The average Bonchev–Trinajstić information content (AvgIpc) is 3.68. The van der Waals surface area contributed by atoms with Gasteiger partial charge < -0.3 is 4.42 Å². The predicted molar refractivity (Wildman–Crippen MR) is 183 cm³/mol. The Balaban J connectivity index is 1.55. The topological polar surface area (TPSA) is 13.1 Å². The molecule has 8 aromatic carbocycles. The average molecular weight is 572 g/mol. The lowest BCUT2D eigenvalue weighted by Gasteiger charge is -2.18. The molecule has 1 heteroatoms. The number of rotatable bonds is 3. The van der Waals surface area contributed by atoms with Gasteiger partial charge in [-0.2, -0.15) is 0 Å². The van der Waals surface area contributed by atoms with Gasteiger partial charge >= 0.3 is 0 Å². The molecule has 0 amide bonds. The maximum absolute atomic E-state index is 9.47. The van der Waals surface area contributed by atoms with Crippen LogP contribution in [0.5, 0.6) is 0 Å². The summed E-state index contributed by atoms with van der Waals surface area (Å²) in [6.07, 6.45) is 0. The van der Waals surface area contributed by atoms with Gasteiger partial charge in [0, 0.05) is 21.9 Å². The van der Waals surface area contributed by atoms with E-state index in [1.807, 2.05) is 0 Å². The van der Waals surface area contributed by atoms with Gasteiger partial charge in [-0.15, -0.1) is 0 Å². The van der Waals surface area contributed by atoms with Crippen molar-refractivity contribution < 1.29 is 38.7 Å². The monoisotopic (exact) mass is 571 g/mol. The van der Waals surface area contributed by atoms with Gasteiger partial charge in [0.2, 0.25) is 0 Å². The smallest absolute Gasteiger partial charge is 0.143 e. The highest BCUT2D eigenvalue weighted by Crippen LogP contribution is 2.46. The van der Waals surface area contributed by atoms with Gasteiger partial charge in [-0.1, -0.05) is 145 Å². The fraction of sp³-hybridized carbons (Fsp3) is 0. The zero-order valence-corrected chi connectivity index (χ0v) is 21.5. The third kappa shape index (κ3) is 3.72. The predicted octanol–water partition coefficient (Wildman–Crippen LogP) is 12.0. The van der Waals surface area contributed by atoms with Crippen molar-refractivity contribution in [3.05, 3.63) is 157 Å². The van der Waals surface area contributed by atoms with E-state index < -0.39 is 228 Å². The molecule has 9 rings (SSSR count). The molecule has 1 nitrogen and oxygen atoms in total. The van der Waals surface area contributed by atoms with Crippen molar-refractivity contribution in [2.45, 2.75) is 0 Å². The first-order valence-electron chi connectivity index (χ1n) is 25.2. The SMILES string of the molecule is [2H]c1cc2c(oc3c([2H])c([2H])c([2H])c([2H])c32)c(-c2c3c([2H])c([2H])c([2H])c([2H])c3c(-c3c([2H])c([2H])c(-c4c([2H])c([2H])c5c([2H])c([2H])c([2H])c([2H])c5c4[2H])c([2H])c3[2H])c3c([2H])c([2H])c([2H])c([2H])c23)c1[2H]. The molecule has 0 fully saturated rings. The molecule has 0 aliphatic carbocycles. The number of furan rings is 1. The van der Waals surface area contributed by atoms with Crippen LogP contribution in [0, 0.1) is 0 Å². The molecule has 0 N–H and O–H groups in total. The molecule has 0 radical (unpaired) electrons. The number of hydrogen-bond acceptors (Lipinski definition) is 1. The molecule has 0 saturated carbocycles. The van der Waals surface area contributed by atoms with Gasteiger partial charge in [-0.25, -0.2) is 0 Å². The lowest BCUT2D eigenvalue weighted by atomic mass is 9.85. The zero-order chi connectivity index (χ0) is 50.1. The van der Waals surface area contributed by atoms with Crippen LogP contribution in [0.4, 0.5) is 0 Å². The van der Waals surface area contributed by atoms with Gasteiger partial charge in [0.25, 0.3) is 0 Å². The van der Waals surface area contributed by atoms with Crippen LogP contribution in [-0.4, -0.2) is 0 Å². The Labute approximate surface area is 284 Å².